The van der Waals surface area contributed by atoms with Crippen LogP contribution in [0, 0.1) is 0 Å². The molecule has 0 heterocycles. The lowest BCUT2D eigenvalue weighted by molar-refractivity contribution is -0.236. The number of allylic oxidation sites excluding steroid dienone is 8. The Morgan fingerprint density at radius 2 is 0.534 bits per heavy atom. The summed E-state index contributed by atoms with van der Waals surface area (Å²) in [6, 6.07) is 0. The third-order valence-corrected chi connectivity index (χ3v) is 18.0. The van der Waals surface area contributed by atoms with Gasteiger partial charge in [0.15, 0.2) is 17.3 Å². The van der Waals surface area contributed by atoms with E-state index >= 15 is 14.4 Å². The van der Waals surface area contributed by atoms with Gasteiger partial charge in [0.1, 0.15) is 18.3 Å². The molecule has 0 aliphatic rings. The van der Waals surface area contributed by atoms with E-state index in [9.17, 15) is 30.3 Å². The molecule has 0 spiro atoms. The lowest BCUT2D eigenvalue weighted by atomic mass is 9.66. The molecule has 3 unspecified atom stereocenters. The minimum absolute atomic E-state index is 0.229. The van der Waals surface area contributed by atoms with Gasteiger partial charge in [0.25, 0.3) is 0 Å². The normalized spacial score (nSPS) is 14.0. The number of rotatable bonds is 69. The molecule has 10 nitrogen and oxygen atoms in total. The van der Waals surface area contributed by atoms with Crippen LogP contribution in [-0.2, 0) is 23.9 Å². The summed E-state index contributed by atoms with van der Waals surface area (Å²) < 4.78 is 6.12. The van der Waals surface area contributed by atoms with Crippen molar-refractivity contribution in [2.24, 2.45) is 0 Å². The third-order valence-electron chi connectivity index (χ3n) is 18.0. The zero-order valence-corrected chi connectivity index (χ0v) is 57.9. The van der Waals surface area contributed by atoms with Gasteiger partial charge in [-0.25, -0.2) is 0 Å². The summed E-state index contributed by atoms with van der Waals surface area (Å²) in [6.45, 7) is 7.88. The van der Waals surface area contributed by atoms with Crippen LogP contribution in [0.4, 0.5) is 0 Å². The Morgan fingerprint density at radius 3 is 0.784 bits per heavy atom. The van der Waals surface area contributed by atoms with Crippen LogP contribution in [0.15, 0.2) is 48.6 Å². The van der Waals surface area contributed by atoms with Crippen LogP contribution >= 0.6 is 0 Å². The largest absolute Gasteiger partial charge is 0.444 e. The van der Waals surface area contributed by atoms with Crippen molar-refractivity contribution in [2.45, 2.75) is 417 Å². The van der Waals surface area contributed by atoms with E-state index in [4.69, 9.17) is 4.74 Å². The Balaban J connectivity index is 6.58. The van der Waals surface area contributed by atoms with Gasteiger partial charge in [-0.15, -0.1) is 0 Å². The number of hydrogen-bond acceptors (Lipinski definition) is 10. The number of carbonyl (C=O) groups is 4. The Bertz CT molecular complexity index is 1670. The quantitative estimate of drug-likeness (QED) is 0.0170. The number of ether oxygens (including phenoxy) is 1. The number of carbonyl (C=O) groups excluding carboxylic acids is 4. The van der Waals surface area contributed by atoms with E-state index in [0.29, 0.717) is 32.1 Å². The van der Waals surface area contributed by atoms with Crippen LogP contribution in [-0.4, -0.2) is 85.0 Å². The van der Waals surface area contributed by atoms with Crippen molar-refractivity contribution < 1.29 is 49.4 Å². The SMILES string of the molecule is CCCCCCCC/C=C\CCCCCCCC(=O)O[C@@](C(=O)CCCCCCC/C=C\CCCCCCCC)(C(O)C(O)C(O)CO)C(O)(C(=O)CCCCCCC/C=C\CCCCCCCC)C(=O)CCCCCCC/C=C\CCCCCCCC. The molecule has 0 saturated heterocycles. The number of unbranched alkanes of at least 4 members (excludes halogenated alkanes) is 44. The molecule has 10 heteroatoms. The monoisotopic (exact) mass is 1240 g/mol. The molecule has 5 N–H and O–H groups in total. The number of Topliss-reactive ketones (excluding diaryl/α,β-unsaturated/α-hetero) is 3. The Morgan fingerprint density at radius 1 is 0.318 bits per heavy atom. The highest BCUT2D eigenvalue weighted by molar-refractivity contribution is 6.17. The second-order valence-corrected chi connectivity index (χ2v) is 26.2. The van der Waals surface area contributed by atoms with Gasteiger partial charge in [-0.1, -0.05) is 282 Å². The van der Waals surface area contributed by atoms with E-state index in [1.165, 1.54) is 154 Å². The highest BCUT2D eigenvalue weighted by Gasteiger charge is 2.70. The van der Waals surface area contributed by atoms with E-state index in [1.807, 2.05) is 0 Å². The number of aliphatic hydroxyl groups excluding tert-OH is 4. The van der Waals surface area contributed by atoms with Crippen LogP contribution in [0.3, 0.4) is 0 Å². The van der Waals surface area contributed by atoms with Gasteiger partial charge in [-0.2, -0.15) is 0 Å². The van der Waals surface area contributed by atoms with Crippen LogP contribution < -0.4 is 0 Å². The van der Waals surface area contributed by atoms with Crippen LogP contribution in [0.2, 0.25) is 0 Å². The summed E-state index contributed by atoms with van der Waals surface area (Å²) in [5.41, 5.74) is -6.68. The summed E-state index contributed by atoms with van der Waals surface area (Å²) in [5, 5.41) is 58.3. The Kier molecular flexibility index (Phi) is 61.0. The molecule has 0 aromatic carbocycles. The van der Waals surface area contributed by atoms with Gasteiger partial charge < -0.3 is 30.3 Å². The molecule has 0 fully saturated rings. The van der Waals surface area contributed by atoms with Gasteiger partial charge in [0.2, 0.25) is 11.2 Å². The van der Waals surface area contributed by atoms with Crippen molar-refractivity contribution in [3.05, 3.63) is 48.6 Å². The third kappa shape index (κ3) is 43.9. The van der Waals surface area contributed by atoms with Crippen molar-refractivity contribution in [1.82, 2.24) is 0 Å². The fraction of sp³-hybridized carbons (Fsp3) is 0.846. The minimum atomic E-state index is -3.39. The van der Waals surface area contributed by atoms with Crippen molar-refractivity contribution in [1.29, 1.82) is 0 Å². The van der Waals surface area contributed by atoms with Crippen molar-refractivity contribution in [2.75, 3.05) is 6.61 Å². The second-order valence-electron chi connectivity index (χ2n) is 26.2. The first-order valence-electron chi connectivity index (χ1n) is 37.7. The van der Waals surface area contributed by atoms with Crippen LogP contribution in [0.5, 0.6) is 0 Å². The summed E-state index contributed by atoms with van der Waals surface area (Å²) in [4.78, 5) is 59.8. The molecule has 0 aromatic rings. The van der Waals surface area contributed by atoms with E-state index in [0.717, 1.165) is 128 Å². The fourth-order valence-electron chi connectivity index (χ4n) is 12.1. The summed E-state index contributed by atoms with van der Waals surface area (Å²) in [6.07, 6.45) is 62.9. The second kappa shape index (κ2) is 63.0. The maximum absolute atomic E-state index is 15.3. The van der Waals surface area contributed by atoms with Crippen molar-refractivity contribution in [3.8, 4) is 0 Å². The number of aliphatic hydroxyl groups is 5. The Labute approximate surface area is 542 Å². The van der Waals surface area contributed by atoms with Crippen LogP contribution in [0.25, 0.3) is 0 Å². The average molecular weight is 1240 g/mol. The fourth-order valence-corrected chi connectivity index (χ4v) is 12.1. The highest BCUT2D eigenvalue weighted by atomic mass is 16.6. The van der Waals surface area contributed by atoms with Crippen molar-refractivity contribution in [3.63, 3.8) is 0 Å². The van der Waals surface area contributed by atoms with Gasteiger partial charge in [0.05, 0.1) is 6.61 Å². The topological polar surface area (TPSA) is 179 Å². The summed E-state index contributed by atoms with van der Waals surface area (Å²) in [7, 11) is 0. The predicted octanol–water partition coefficient (Wildman–Crippen LogP) is 20.9. The molecular formula is C78H142O10. The molecule has 0 aliphatic heterocycles. The zero-order valence-electron chi connectivity index (χ0n) is 57.9. The standard InChI is InChI=1S/C78H142O10/c1-5-9-13-17-21-25-29-33-37-41-45-49-53-57-61-65-71(81)77(87,72(82)66-62-58-54-50-46-42-38-34-30-26-22-18-14-10-6-2)78(76(86)75(85)70(80)69-79,73(83)67-63-59-55-51-47-43-39-35-31-27-23-19-15-11-7-3)88-74(84)68-64-60-56-52-48-44-40-36-32-28-24-20-16-12-8-4/h33-40,70,75-76,79-80,85-87H,5-32,41-69H2,1-4H3/b37-33-,38-34-,39-35-,40-36-/t70?,75?,76?,78-/m0/s1. The first-order valence-corrected chi connectivity index (χ1v) is 37.7. The van der Waals surface area contributed by atoms with Gasteiger partial charge in [-0.3, -0.25) is 19.2 Å². The number of esters is 1. The lowest BCUT2D eigenvalue weighted by Crippen LogP contribution is -2.76. The molecule has 88 heavy (non-hydrogen) atoms. The average Bonchev–Trinajstić information content (AvgIpc) is 1.30. The molecule has 0 amide bonds. The van der Waals surface area contributed by atoms with E-state index in [2.05, 4.69) is 76.3 Å². The van der Waals surface area contributed by atoms with E-state index in [-0.39, 0.29) is 44.9 Å². The van der Waals surface area contributed by atoms with E-state index in [1.54, 1.807) is 0 Å². The molecule has 0 radical (unpaired) electrons. The van der Waals surface area contributed by atoms with E-state index < -0.39 is 59.4 Å². The van der Waals surface area contributed by atoms with Gasteiger partial charge in [-0.05, 0) is 128 Å². The summed E-state index contributed by atoms with van der Waals surface area (Å²) in [5.74, 6) is -4.17. The lowest BCUT2D eigenvalue weighted by Gasteiger charge is -2.47. The van der Waals surface area contributed by atoms with Crippen LogP contribution in [0.1, 0.15) is 387 Å². The molecular weight excluding hydrogens is 1100 g/mol. The molecule has 0 saturated carbocycles. The Hall–Kier alpha value is -2.76. The first-order chi connectivity index (χ1) is 43.0. The predicted molar refractivity (Wildman–Crippen MR) is 372 cm³/mol. The summed E-state index contributed by atoms with van der Waals surface area (Å²) >= 11 is 0. The molecule has 0 bridgehead atoms. The molecule has 0 rings (SSSR count). The van der Waals surface area contributed by atoms with Crippen molar-refractivity contribution >= 4 is 23.3 Å². The number of hydrogen-bond donors (Lipinski definition) is 5. The molecule has 4 atom stereocenters. The molecule has 514 valence electrons. The number of ketones is 3. The van der Waals surface area contributed by atoms with Gasteiger partial charge >= 0.3 is 5.97 Å². The molecule has 0 aromatic heterocycles. The molecule has 0 aliphatic carbocycles. The van der Waals surface area contributed by atoms with Gasteiger partial charge in [0, 0.05) is 25.7 Å². The zero-order chi connectivity index (χ0) is 64.7. The minimum Gasteiger partial charge on any atom is -0.444 e. The maximum Gasteiger partial charge on any atom is 0.307 e. The maximum atomic E-state index is 15.3. The smallest absolute Gasteiger partial charge is 0.307 e. The first kappa shape index (κ1) is 85.2. The highest BCUT2D eigenvalue weighted by Crippen LogP contribution is 2.40.